The van der Waals surface area contributed by atoms with Crippen LogP contribution < -0.4 is 5.32 Å². The van der Waals surface area contributed by atoms with Crippen LogP contribution >= 0.6 is 0 Å². The molecule has 0 aromatic carbocycles. The third-order valence-electron chi connectivity index (χ3n) is 4.99. The van der Waals surface area contributed by atoms with Gasteiger partial charge < -0.3 is 10.4 Å². The second kappa shape index (κ2) is 7.43. The number of carboxylic acids is 1. The molecule has 3 nitrogen and oxygen atoms in total. The molecule has 0 spiro atoms. The van der Waals surface area contributed by atoms with Crippen molar-refractivity contribution in [2.45, 2.75) is 57.1 Å². The summed E-state index contributed by atoms with van der Waals surface area (Å²) in [5.74, 6) is -2.76. The Balaban J connectivity index is 0.000000412. The summed E-state index contributed by atoms with van der Waals surface area (Å²) >= 11 is 0. The van der Waals surface area contributed by atoms with Gasteiger partial charge in [0.2, 0.25) is 0 Å². The maximum absolute atomic E-state index is 12.8. The molecule has 2 saturated carbocycles. The normalized spacial score (nSPS) is 21.7. The summed E-state index contributed by atoms with van der Waals surface area (Å²) in [5.41, 5.74) is -3.60. The average Bonchev–Trinajstić information content (AvgIpc) is 2.30. The van der Waals surface area contributed by atoms with Crippen molar-refractivity contribution in [3.8, 4) is 0 Å². The standard InChI is InChI=1S/C12H17F6N.C2HF3O2/c13-11(14,15)9(3-1-4-9)7-19-8-10(5-2-6-10)12(16,17)18;3-2(4,5)1(6)7/h19H,1-8H2;(H,6,7). The van der Waals surface area contributed by atoms with Gasteiger partial charge in [0.1, 0.15) is 0 Å². The molecule has 26 heavy (non-hydrogen) atoms. The largest absolute Gasteiger partial charge is 0.490 e. The molecule has 2 rings (SSSR count). The predicted molar refractivity (Wildman–Crippen MR) is 71.2 cm³/mol. The topological polar surface area (TPSA) is 49.3 Å². The number of carbonyl (C=O) groups is 1. The van der Waals surface area contributed by atoms with Crippen molar-refractivity contribution in [3.05, 3.63) is 0 Å². The smallest absolute Gasteiger partial charge is 0.475 e. The lowest BCUT2D eigenvalue weighted by Crippen LogP contribution is -2.55. The quantitative estimate of drug-likeness (QED) is 0.671. The molecule has 2 aliphatic rings. The monoisotopic (exact) mass is 403 g/mol. The van der Waals surface area contributed by atoms with Crippen LogP contribution in [0, 0.1) is 10.8 Å². The van der Waals surface area contributed by atoms with Crippen LogP contribution in [0.15, 0.2) is 0 Å². The molecule has 0 heterocycles. The lowest BCUT2D eigenvalue weighted by atomic mass is 9.66. The highest BCUT2D eigenvalue weighted by molar-refractivity contribution is 5.73. The summed E-state index contributed by atoms with van der Waals surface area (Å²) in [6.07, 6.45) is -12.7. The van der Waals surface area contributed by atoms with E-state index < -0.39 is 48.4 Å². The SMILES string of the molecule is FC(F)(F)C1(CNCC2(C(F)(F)F)CCC2)CCC1.O=C(O)C(F)(F)F. The predicted octanol–water partition coefficient (Wildman–Crippen LogP) is 4.67. The van der Waals surface area contributed by atoms with Crippen molar-refractivity contribution in [1.29, 1.82) is 0 Å². The third-order valence-corrected chi connectivity index (χ3v) is 4.99. The Labute approximate surface area is 142 Å². The van der Waals surface area contributed by atoms with E-state index in [4.69, 9.17) is 9.90 Å². The number of aliphatic carboxylic acids is 1. The number of nitrogens with one attached hydrogen (secondary N) is 1. The van der Waals surface area contributed by atoms with Gasteiger partial charge in [0.25, 0.3) is 0 Å². The molecule has 0 radical (unpaired) electrons. The molecule has 0 aromatic rings. The van der Waals surface area contributed by atoms with E-state index in [0.29, 0.717) is 12.8 Å². The van der Waals surface area contributed by atoms with Gasteiger partial charge in [-0.05, 0) is 25.7 Å². The van der Waals surface area contributed by atoms with E-state index in [1.807, 2.05) is 0 Å². The number of rotatable bonds is 4. The van der Waals surface area contributed by atoms with Gasteiger partial charge in [-0.2, -0.15) is 39.5 Å². The summed E-state index contributed by atoms with van der Waals surface area (Å²) in [7, 11) is 0. The van der Waals surface area contributed by atoms with Crippen LogP contribution in [0.1, 0.15) is 38.5 Å². The van der Waals surface area contributed by atoms with Crippen LogP contribution in [-0.4, -0.2) is 42.7 Å². The number of hydrogen-bond donors (Lipinski definition) is 2. The fourth-order valence-corrected chi connectivity index (χ4v) is 2.87. The van der Waals surface area contributed by atoms with Crippen molar-refractivity contribution in [2.24, 2.45) is 10.8 Å². The first-order chi connectivity index (χ1) is 11.6. The Bertz CT molecular complexity index is 456. The third kappa shape index (κ3) is 4.95. The number of hydrogen-bond acceptors (Lipinski definition) is 2. The lowest BCUT2D eigenvalue weighted by molar-refractivity contribution is -0.257. The summed E-state index contributed by atoms with van der Waals surface area (Å²) in [6, 6.07) is 0. The maximum Gasteiger partial charge on any atom is 0.490 e. The first kappa shape index (κ1) is 22.8. The van der Waals surface area contributed by atoms with Crippen molar-refractivity contribution in [2.75, 3.05) is 13.1 Å². The van der Waals surface area contributed by atoms with Crippen LogP contribution in [-0.2, 0) is 4.79 Å². The minimum atomic E-state index is -5.08. The van der Waals surface area contributed by atoms with E-state index >= 15 is 0 Å². The molecule has 0 atom stereocenters. The van der Waals surface area contributed by atoms with E-state index in [0.717, 1.165) is 0 Å². The Morgan fingerprint density at radius 1 is 0.769 bits per heavy atom. The van der Waals surface area contributed by atoms with Gasteiger partial charge in [0.15, 0.2) is 0 Å². The second-order valence-corrected chi connectivity index (χ2v) is 6.67. The van der Waals surface area contributed by atoms with Gasteiger partial charge in [0, 0.05) is 13.1 Å². The van der Waals surface area contributed by atoms with Gasteiger partial charge in [0.05, 0.1) is 10.8 Å². The molecule has 2 aliphatic carbocycles. The van der Waals surface area contributed by atoms with Gasteiger partial charge in [-0.25, -0.2) is 4.79 Å². The summed E-state index contributed by atoms with van der Waals surface area (Å²) < 4.78 is 109. The van der Waals surface area contributed by atoms with Crippen molar-refractivity contribution >= 4 is 5.97 Å². The zero-order chi connectivity index (χ0) is 20.4. The van der Waals surface area contributed by atoms with Crippen LogP contribution in [0.3, 0.4) is 0 Å². The Morgan fingerprint density at radius 3 is 1.15 bits per heavy atom. The molecule has 0 bridgehead atoms. The molecule has 0 saturated heterocycles. The fraction of sp³-hybridized carbons (Fsp3) is 0.929. The van der Waals surface area contributed by atoms with Gasteiger partial charge in [-0.1, -0.05) is 12.8 Å². The van der Waals surface area contributed by atoms with Crippen molar-refractivity contribution in [1.82, 2.24) is 5.32 Å². The first-order valence-corrected chi connectivity index (χ1v) is 7.71. The fourth-order valence-electron chi connectivity index (χ4n) is 2.87. The number of carboxylic acid groups (broad SMARTS) is 1. The van der Waals surface area contributed by atoms with E-state index in [9.17, 15) is 39.5 Å². The van der Waals surface area contributed by atoms with Crippen LogP contribution in [0.5, 0.6) is 0 Å². The number of alkyl halides is 9. The van der Waals surface area contributed by atoms with E-state index in [1.165, 1.54) is 0 Å². The van der Waals surface area contributed by atoms with Gasteiger partial charge in [-0.15, -0.1) is 0 Å². The summed E-state index contributed by atoms with van der Waals surface area (Å²) in [5, 5.41) is 9.57. The highest BCUT2D eigenvalue weighted by Gasteiger charge is 2.60. The van der Waals surface area contributed by atoms with Gasteiger partial charge >= 0.3 is 24.5 Å². The van der Waals surface area contributed by atoms with Crippen LogP contribution in [0.25, 0.3) is 0 Å². The van der Waals surface area contributed by atoms with Crippen molar-refractivity contribution in [3.63, 3.8) is 0 Å². The zero-order valence-electron chi connectivity index (χ0n) is 13.4. The molecular weight excluding hydrogens is 385 g/mol. The Kier molecular flexibility index (Phi) is 6.53. The Morgan fingerprint density at radius 2 is 1.04 bits per heavy atom. The Hall–Kier alpha value is -1.20. The van der Waals surface area contributed by atoms with Crippen LogP contribution in [0.4, 0.5) is 39.5 Å². The molecule has 0 unspecified atom stereocenters. The highest BCUT2D eigenvalue weighted by Crippen LogP contribution is 2.54. The minimum absolute atomic E-state index is 0.0164. The first-order valence-electron chi connectivity index (χ1n) is 7.71. The van der Waals surface area contributed by atoms with Crippen molar-refractivity contribution < 1.29 is 49.4 Å². The van der Waals surface area contributed by atoms with E-state index in [1.54, 1.807) is 0 Å². The molecule has 0 aliphatic heterocycles. The molecule has 2 N–H and O–H groups in total. The van der Waals surface area contributed by atoms with Gasteiger partial charge in [-0.3, -0.25) is 0 Å². The van der Waals surface area contributed by atoms with E-state index in [2.05, 4.69) is 5.32 Å². The molecular formula is C14H18F9NO2. The number of halogens is 9. The molecule has 2 fully saturated rings. The minimum Gasteiger partial charge on any atom is -0.475 e. The summed E-state index contributed by atoms with van der Waals surface area (Å²) in [6.45, 7) is -0.789. The highest BCUT2D eigenvalue weighted by atomic mass is 19.4. The maximum atomic E-state index is 12.8. The summed E-state index contributed by atoms with van der Waals surface area (Å²) in [4.78, 5) is 8.90. The molecule has 154 valence electrons. The molecule has 12 heteroatoms. The zero-order valence-corrected chi connectivity index (χ0v) is 13.4. The molecule has 0 amide bonds. The second-order valence-electron chi connectivity index (χ2n) is 6.67. The van der Waals surface area contributed by atoms with Crippen LogP contribution in [0.2, 0.25) is 0 Å². The lowest BCUT2D eigenvalue weighted by Gasteiger charge is -2.46. The van der Waals surface area contributed by atoms with E-state index in [-0.39, 0.29) is 25.7 Å². The molecule has 0 aromatic heterocycles. The average molecular weight is 403 g/mol.